The number of amides is 2. The molecule has 0 fully saturated rings. The number of carboxylic acids is 1. The van der Waals surface area contributed by atoms with Gasteiger partial charge in [0.25, 0.3) is 0 Å². The molecule has 35 heavy (non-hydrogen) atoms. The molecule has 3 atom stereocenters. The van der Waals surface area contributed by atoms with Crippen molar-refractivity contribution in [2.75, 3.05) is 6.61 Å². The number of aliphatic carboxylic acids is 1. The highest BCUT2D eigenvalue weighted by atomic mass is 16.5. The largest absolute Gasteiger partial charge is 0.481 e. The summed E-state index contributed by atoms with van der Waals surface area (Å²) in [6.45, 7) is 10.9. The summed E-state index contributed by atoms with van der Waals surface area (Å²) in [6, 6.07) is 14.6. The number of ether oxygens (including phenoxy) is 1. The molecule has 7 nitrogen and oxygen atoms in total. The summed E-state index contributed by atoms with van der Waals surface area (Å²) in [4.78, 5) is 37.6. The molecule has 0 heterocycles. The summed E-state index contributed by atoms with van der Waals surface area (Å²) in [5.41, 5.74) is 3.86. The van der Waals surface area contributed by atoms with Gasteiger partial charge in [-0.1, -0.05) is 83.1 Å². The van der Waals surface area contributed by atoms with Crippen LogP contribution in [-0.2, 0) is 14.3 Å². The first-order chi connectivity index (χ1) is 16.4. The number of hydrogen-bond donors (Lipinski definition) is 3. The zero-order chi connectivity index (χ0) is 25.9. The number of fused-ring (bicyclic) bond motifs is 3. The number of benzene rings is 2. The van der Waals surface area contributed by atoms with Gasteiger partial charge in [0.1, 0.15) is 12.6 Å². The fourth-order valence-corrected chi connectivity index (χ4v) is 4.91. The highest BCUT2D eigenvalue weighted by Crippen LogP contribution is 2.44. The lowest BCUT2D eigenvalue weighted by molar-refractivity contribution is -0.144. The van der Waals surface area contributed by atoms with E-state index in [2.05, 4.69) is 22.8 Å². The topological polar surface area (TPSA) is 105 Å². The van der Waals surface area contributed by atoms with E-state index in [-0.39, 0.29) is 18.4 Å². The van der Waals surface area contributed by atoms with E-state index in [4.69, 9.17) is 4.74 Å². The fourth-order valence-electron chi connectivity index (χ4n) is 4.91. The highest BCUT2D eigenvalue weighted by Gasteiger charge is 2.37. The van der Waals surface area contributed by atoms with E-state index in [0.29, 0.717) is 0 Å². The molecule has 0 radical (unpaired) electrons. The molecular formula is C28H36N2O5. The number of hydrogen-bond acceptors (Lipinski definition) is 4. The van der Waals surface area contributed by atoms with Crippen LogP contribution in [0.25, 0.3) is 11.1 Å². The summed E-state index contributed by atoms with van der Waals surface area (Å²) < 4.78 is 5.62. The maximum absolute atomic E-state index is 13.1. The third-order valence-electron chi connectivity index (χ3n) is 6.65. The fraction of sp³-hybridized carbons (Fsp3) is 0.464. The first kappa shape index (κ1) is 26.3. The van der Waals surface area contributed by atoms with Crippen LogP contribution in [0.15, 0.2) is 48.5 Å². The smallest absolute Gasteiger partial charge is 0.407 e. The minimum Gasteiger partial charge on any atom is -0.481 e. The molecule has 1 aliphatic rings. The molecular weight excluding hydrogens is 444 g/mol. The van der Waals surface area contributed by atoms with E-state index in [0.717, 1.165) is 22.3 Å². The minimum atomic E-state index is -0.968. The molecule has 2 aromatic rings. The Hall–Kier alpha value is -3.35. The van der Waals surface area contributed by atoms with Crippen molar-refractivity contribution in [3.8, 4) is 11.1 Å². The Balaban J connectivity index is 1.69. The Morgan fingerprint density at radius 3 is 1.89 bits per heavy atom. The van der Waals surface area contributed by atoms with E-state index in [1.54, 1.807) is 20.8 Å². The van der Waals surface area contributed by atoms with E-state index < -0.39 is 41.4 Å². The van der Waals surface area contributed by atoms with Crippen molar-refractivity contribution in [2.45, 2.75) is 59.5 Å². The molecule has 0 saturated carbocycles. The average molecular weight is 481 g/mol. The standard InChI is InChI=1S/C28H36N2O5/c1-16(2)23(26(32)33)17(3)29-25(31)24(28(4,5)6)30-27(34)35-15-22-20-13-9-7-11-18(20)19-12-8-10-14-21(19)22/h7-14,16-17,22-24H,15H2,1-6H3,(H,29,31)(H,30,34)(H,32,33)/t17?,23?,24-/m0/s1. The van der Waals surface area contributed by atoms with Crippen molar-refractivity contribution in [3.63, 3.8) is 0 Å². The first-order valence-corrected chi connectivity index (χ1v) is 12.1. The van der Waals surface area contributed by atoms with Gasteiger partial charge in [0.15, 0.2) is 0 Å². The van der Waals surface area contributed by atoms with Gasteiger partial charge in [-0.05, 0) is 40.5 Å². The molecule has 7 heteroatoms. The van der Waals surface area contributed by atoms with Crippen LogP contribution in [0.2, 0.25) is 0 Å². The Labute approximate surface area is 207 Å². The van der Waals surface area contributed by atoms with Crippen molar-refractivity contribution in [1.29, 1.82) is 0 Å². The lowest BCUT2D eigenvalue weighted by Gasteiger charge is -2.32. The molecule has 2 aromatic carbocycles. The Morgan fingerprint density at radius 1 is 0.914 bits per heavy atom. The molecule has 0 aliphatic heterocycles. The van der Waals surface area contributed by atoms with Gasteiger partial charge >= 0.3 is 12.1 Å². The van der Waals surface area contributed by atoms with E-state index in [9.17, 15) is 19.5 Å². The lowest BCUT2D eigenvalue weighted by atomic mass is 9.85. The SMILES string of the molecule is CC(C)C(C(=O)O)C(C)NC(=O)[C@H](NC(=O)OCC1c2ccccc2-c2ccccc21)C(C)(C)C. The van der Waals surface area contributed by atoms with Gasteiger partial charge in [0, 0.05) is 12.0 Å². The zero-order valence-electron chi connectivity index (χ0n) is 21.3. The van der Waals surface area contributed by atoms with Crippen LogP contribution in [0.4, 0.5) is 4.79 Å². The quantitative estimate of drug-likeness (QED) is 0.503. The van der Waals surface area contributed by atoms with Gasteiger partial charge < -0.3 is 20.5 Å². The van der Waals surface area contributed by atoms with Crippen LogP contribution in [0.1, 0.15) is 58.6 Å². The summed E-state index contributed by atoms with van der Waals surface area (Å²) in [5.74, 6) is -2.40. The van der Waals surface area contributed by atoms with Crippen molar-refractivity contribution in [1.82, 2.24) is 10.6 Å². The molecule has 188 valence electrons. The normalized spacial score (nSPS) is 15.5. The summed E-state index contributed by atoms with van der Waals surface area (Å²) in [6.07, 6.45) is -0.687. The molecule has 2 unspecified atom stereocenters. The molecule has 0 saturated heterocycles. The third-order valence-corrected chi connectivity index (χ3v) is 6.65. The van der Waals surface area contributed by atoms with Gasteiger partial charge in [-0.3, -0.25) is 9.59 Å². The van der Waals surface area contributed by atoms with Crippen LogP contribution in [-0.4, -0.2) is 41.8 Å². The molecule has 0 bridgehead atoms. The maximum atomic E-state index is 13.1. The number of carbonyl (C=O) groups is 3. The van der Waals surface area contributed by atoms with Crippen LogP contribution in [0, 0.1) is 17.3 Å². The van der Waals surface area contributed by atoms with Gasteiger partial charge in [-0.25, -0.2) is 4.79 Å². The Bertz CT molecular complexity index is 1040. The summed E-state index contributed by atoms with van der Waals surface area (Å²) in [7, 11) is 0. The van der Waals surface area contributed by atoms with Crippen LogP contribution < -0.4 is 10.6 Å². The van der Waals surface area contributed by atoms with Gasteiger partial charge in [-0.2, -0.15) is 0 Å². The number of nitrogens with one attached hydrogen (secondary N) is 2. The van der Waals surface area contributed by atoms with Crippen molar-refractivity contribution in [2.24, 2.45) is 17.3 Å². The van der Waals surface area contributed by atoms with Gasteiger partial charge in [0.05, 0.1) is 5.92 Å². The molecule has 3 rings (SSSR count). The average Bonchev–Trinajstić information content (AvgIpc) is 3.08. The van der Waals surface area contributed by atoms with Crippen molar-refractivity contribution in [3.05, 3.63) is 59.7 Å². The predicted octanol–water partition coefficient (Wildman–Crippen LogP) is 4.80. The molecule has 2 amide bonds. The zero-order valence-corrected chi connectivity index (χ0v) is 21.3. The monoisotopic (exact) mass is 480 g/mol. The molecule has 3 N–H and O–H groups in total. The van der Waals surface area contributed by atoms with Gasteiger partial charge in [-0.15, -0.1) is 0 Å². The van der Waals surface area contributed by atoms with Crippen molar-refractivity contribution < 1.29 is 24.2 Å². The van der Waals surface area contributed by atoms with E-state index in [1.165, 1.54) is 0 Å². The van der Waals surface area contributed by atoms with Gasteiger partial charge in [0.2, 0.25) is 5.91 Å². The summed E-state index contributed by atoms with van der Waals surface area (Å²) >= 11 is 0. The first-order valence-electron chi connectivity index (χ1n) is 12.1. The number of carbonyl (C=O) groups excluding carboxylic acids is 2. The van der Waals surface area contributed by atoms with Crippen molar-refractivity contribution >= 4 is 18.0 Å². The Kier molecular flexibility index (Phi) is 7.88. The minimum absolute atomic E-state index is 0.0857. The van der Waals surface area contributed by atoms with Crippen LogP contribution in [0.3, 0.4) is 0 Å². The second-order valence-electron chi connectivity index (χ2n) is 10.7. The second-order valence-corrected chi connectivity index (χ2v) is 10.7. The third kappa shape index (κ3) is 5.84. The number of rotatable bonds is 8. The molecule has 0 aromatic heterocycles. The molecule has 1 aliphatic carbocycles. The maximum Gasteiger partial charge on any atom is 0.407 e. The molecule has 0 spiro atoms. The second kappa shape index (κ2) is 10.5. The lowest BCUT2D eigenvalue weighted by Crippen LogP contribution is -2.57. The van der Waals surface area contributed by atoms with Crippen LogP contribution >= 0.6 is 0 Å². The number of alkyl carbamates (subject to hydrolysis) is 1. The highest BCUT2D eigenvalue weighted by molar-refractivity contribution is 5.87. The van der Waals surface area contributed by atoms with Crippen LogP contribution in [0.5, 0.6) is 0 Å². The number of carboxylic acid groups (broad SMARTS) is 1. The Morgan fingerprint density at radius 2 is 1.43 bits per heavy atom. The van der Waals surface area contributed by atoms with E-state index in [1.807, 2.05) is 57.2 Å². The summed E-state index contributed by atoms with van der Waals surface area (Å²) in [5, 5.41) is 15.0. The van der Waals surface area contributed by atoms with E-state index >= 15 is 0 Å². The predicted molar refractivity (Wildman–Crippen MR) is 135 cm³/mol.